The van der Waals surface area contributed by atoms with E-state index in [0.717, 1.165) is 35.5 Å². The highest BCUT2D eigenvalue weighted by Crippen LogP contribution is 2.26. The SMILES string of the molecule is CCCOc1ccc(CCN)c(OCc2cccnc2)c1. The van der Waals surface area contributed by atoms with Crippen molar-refractivity contribution in [1.82, 2.24) is 4.98 Å². The zero-order chi connectivity index (χ0) is 14.9. The van der Waals surface area contributed by atoms with Crippen LogP contribution in [0.3, 0.4) is 0 Å². The number of nitrogens with zero attached hydrogens (tertiary/aromatic N) is 1. The Bertz CT molecular complexity index is 544. The molecule has 0 aliphatic heterocycles. The molecule has 1 aromatic carbocycles. The second-order valence-electron chi connectivity index (χ2n) is 4.81. The summed E-state index contributed by atoms with van der Waals surface area (Å²) >= 11 is 0. The monoisotopic (exact) mass is 286 g/mol. The lowest BCUT2D eigenvalue weighted by molar-refractivity contribution is 0.292. The molecule has 21 heavy (non-hydrogen) atoms. The van der Waals surface area contributed by atoms with Crippen molar-refractivity contribution >= 4 is 0 Å². The van der Waals surface area contributed by atoms with Crippen LogP contribution in [0.15, 0.2) is 42.7 Å². The van der Waals surface area contributed by atoms with Gasteiger partial charge in [-0.1, -0.05) is 19.1 Å². The van der Waals surface area contributed by atoms with Crippen LogP contribution in [0, 0.1) is 0 Å². The normalized spacial score (nSPS) is 10.4. The van der Waals surface area contributed by atoms with E-state index in [9.17, 15) is 0 Å². The fourth-order valence-electron chi connectivity index (χ4n) is 1.99. The standard InChI is InChI=1S/C17H22N2O2/c1-2-10-20-16-6-5-15(7-8-18)17(11-16)21-13-14-4-3-9-19-12-14/h3-6,9,11-12H,2,7-8,10,13,18H2,1H3. The summed E-state index contributed by atoms with van der Waals surface area (Å²) in [6.07, 6.45) is 5.33. The summed E-state index contributed by atoms with van der Waals surface area (Å²) in [6.45, 7) is 3.88. The molecule has 4 nitrogen and oxygen atoms in total. The van der Waals surface area contributed by atoms with Crippen LogP contribution in [0.2, 0.25) is 0 Å². The molecule has 0 amide bonds. The number of hydrogen-bond donors (Lipinski definition) is 1. The Morgan fingerprint density at radius 2 is 2.10 bits per heavy atom. The average molecular weight is 286 g/mol. The summed E-state index contributed by atoms with van der Waals surface area (Å²) < 4.78 is 11.6. The van der Waals surface area contributed by atoms with Crippen molar-refractivity contribution in [1.29, 1.82) is 0 Å². The number of aromatic nitrogens is 1. The van der Waals surface area contributed by atoms with Crippen LogP contribution in [-0.4, -0.2) is 18.1 Å². The Hall–Kier alpha value is -2.07. The molecule has 0 unspecified atom stereocenters. The first-order chi connectivity index (χ1) is 10.3. The third kappa shape index (κ3) is 4.76. The lowest BCUT2D eigenvalue weighted by Gasteiger charge is -2.13. The van der Waals surface area contributed by atoms with Crippen LogP contribution in [0.25, 0.3) is 0 Å². The Kier molecular flexibility index (Phi) is 6.03. The predicted octanol–water partition coefficient (Wildman–Crippen LogP) is 2.95. The Labute approximate surface area is 125 Å². The van der Waals surface area contributed by atoms with Gasteiger partial charge in [-0.05, 0) is 37.1 Å². The minimum atomic E-state index is 0.489. The summed E-state index contributed by atoms with van der Waals surface area (Å²) in [5.74, 6) is 1.66. The number of nitrogens with two attached hydrogens (primary N) is 1. The average Bonchev–Trinajstić information content (AvgIpc) is 2.53. The van der Waals surface area contributed by atoms with Crippen molar-refractivity contribution < 1.29 is 9.47 Å². The summed E-state index contributed by atoms with van der Waals surface area (Å²) in [5.41, 5.74) is 7.80. The number of ether oxygens (including phenoxy) is 2. The van der Waals surface area contributed by atoms with E-state index in [2.05, 4.69) is 11.9 Å². The fraction of sp³-hybridized carbons (Fsp3) is 0.353. The van der Waals surface area contributed by atoms with E-state index < -0.39 is 0 Å². The van der Waals surface area contributed by atoms with Crippen molar-refractivity contribution in [2.24, 2.45) is 5.73 Å². The quantitative estimate of drug-likeness (QED) is 0.810. The minimum Gasteiger partial charge on any atom is -0.493 e. The van der Waals surface area contributed by atoms with E-state index in [1.165, 1.54) is 0 Å². The summed E-state index contributed by atoms with van der Waals surface area (Å²) in [7, 11) is 0. The zero-order valence-corrected chi connectivity index (χ0v) is 12.4. The molecule has 0 saturated carbocycles. The van der Waals surface area contributed by atoms with Crippen LogP contribution in [0.5, 0.6) is 11.5 Å². The Balaban J connectivity index is 2.09. The number of rotatable bonds is 8. The molecule has 0 radical (unpaired) electrons. The summed E-state index contributed by atoms with van der Waals surface area (Å²) in [5, 5.41) is 0. The van der Waals surface area contributed by atoms with Gasteiger partial charge in [0.2, 0.25) is 0 Å². The van der Waals surface area contributed by atoms with Crippen molar-refractivity contribution in [2.75, 3.05) is 13.2 Å². The fourth-order valence-corrected chi connectivity index (χ4v) is 1.99. The molecule has 0 bridgehead atoms. The number of pyridine rings is 1. The topological polar surface area (TPSA) is 57.4 Å². The van der Waals surface area contributed by atoms with Gasteiger partial charge in [-0.3, -0.25) is 4.98 Å². The van der Waals surface area contributed by atoms with Gasteiger partial charge in [-0.25, -0.2) is 0 Å². The van der Waals surface area contributed by atoms with Crippen LogP contribution >= 0.6 is 0 Å². The van der Waals surface area contributed by atoms with Crippen LogP contribution in [0.1, 0.15) is 24.5 Å². The van der Waals surface area contributed by atoms with Gasteiger partial charge in [-0.15, -0.1) is 0 Å². The number of benzene rings is 1. The summed E-state index contributed by atoms with van der Waals surface area (Å²) in [4.78, 5) is 4.09. The first-order valence-electron chi connectivity index (χ1n) is 7.31. The summed E-state index contributed by atoms with van der Waals surface area (Å²) in [6, 6.07) is 9.83. The smallest absolute Gasteiger partial charge is 0.126 e. The molecule has 4 heteroatoms. The third-order valence-electron chi connectivity index (χ3n) is 3.04. The van der Waals surface area contributed by atoms with E-state index in [1.54, 1.807) is 12.4 Å². The maximum atomic E-state index is 5.92. The van der Waals surface area contributed by atoms with Crippen LogP contribution in [-0.2, 0) is 13.0 Å². The molecule has 0 aliphatic rings. The van der Waals surface area contributed by atoms with Crippen molar-refractivity contribution in [2.45, 2.75) is 26.4 Å². The molecule has 2 N–H and O–H groups in total. The molecule has 112 valence electrons. The minimum absolute atomic E-state index is 0.489. The first-order valence-corrected chi connectivity index (χ1v) is 7.31. The second kappa shape index (κ2) is 8.27. The largest absolute Gasteiger partial charge is 0.493 e. The molecule has 0 fully saturated rings. The highest BCUT2D eigenvalue weighted by atomic mass is 16.5. The van der Waals surface area contributed by atoms with Crippen molar-refractivity contribution in [3.05, 3.63) is 53.9 Å². The number of hydrogen-bond acceptors (Lipinski definition) is 4. The maximum absolute atomic E-state index is 5.92. The van der Waals surface area contributed by atoms with Crippen molar-refractivity contribution in [3.63, 3.8) is 0 Å². The molecular weight excluding hydrogens is 264 g/mol. The molecule has 0 aliphatic carbocycles. The van der Waals surface area contributed by atoms with Gasteiger partial charge in [0.25, 0.3) is 0 Å². The molecule has 0 saturated heterocycles. The van der Waals surface area contributed by atoms with Gasteiger partial charge in [-0.2, -0.15) is 0 Å². The van der Waals surface area contributed by atoms with E-state index in [4.69, 9.17) is 15.2 Å². The molecular formula is C17H22N2O2. The third-order valence-corrected chi connectivity index (χ3v) is 3.04. The van der Waals surface area contributed by atoms with E-state index in [-0.39, 0.29) is 0 Å². The second-order valence-corrected chi connectivity index (χ2v) is 4.81. The molecule has 2 rings (SSSR count). The molecule has 0 atom stereocenters. The van der Waals surface area contributed by atoms with E-state index in [1.807, 2.05) is 30.3 Å². The Morgan fingerprint density at radius 3 is 2.81 bits per heavy atom. The zero-order valence-electron chi connectivity index (χ0n) is 12.4. The first kappa shape index (κ1) is 15.3. The molecule has 2 aromatic rings. The van der Waals surface area contributed by atoms with Crippen molar-refractivity contribution in [3.8, 4) is 11.5 Å². The van der Waals surface area contributed by atoms with Gasteiger partial charge in [0, 0.05) is 24.0 Å². The lowest BCUT2D eigenvalue weighted by Crippen LogP contribution is -2.06. The molecule has 1 heterocycles. The van der Waals surface area contributed by atoms with Crippen LogP contribution < -0.4 is 15.2 Å². The van der Waals surface area contributed by atoms with Gasteiger partial charge in [0.05, 0.1) is 6.61 Å². The lowest BCUT2D eigenvalue weighted by atomic mass is 10.1. The molecule has 1 aromatic heterocycles. The highest BCUT2D eigenvalue weighted by Gasteiger charge is 2.06. The van der Waals surface area contributed by atoms with Crippen LogP contribution in [0.4, 0.5) is 0 Å². The van der Waals surface area contributed by atoms with Gasteiger partial charge in [0.15, 0.2) is 0 Å². The predicted molar refractivity (Wildman–Crippen MR) is 83.6 cm³/mol. The van der Waals surface area contributed by atoms with E-state index in [0.29, 0.717) is 19.8 Å². The van der Waals surface area contributed by atoms with Gasteiger partial charge < -0.3 is 15.2 Å². The van der Waals surface area contributed by atoms with Gasteiger partial charge >= 0.3 is 0 Å². The van der Waals surface area contributed by atoms with Gasteiger partial charge in [0.1, 0.15) is 18.1 Å². The van der Waals surface area contributed by atoms with E-state index >= 15 is 0 Å². The molecule has 0 spiro atoms. The highest BCUT2D eigenvalue weighted by molar-refractivity contribution is 5.41. The Morgan fingerprint density at radius 1 is 1.19 bits per heavy atom. The maximum Gasteiger partial charge on any atom is 0.126 e.